The van der Waals surface area contributed by atoms with Gasteiger partial charge in [-0.25, -0.2) is 8.42 Å². The fourth-order valence-electron chi connectivity index (χ4n) is 1.68. The summed E-state index contributed by atoms with van der Waals surface area (Å²) in [5.74, 6) is -0.935. The fraction of sp³-hybridized carbons (Fsp3) is 0.700. The van der Waals surface area contributed by atoms with Gasteiger partial charge in [-0.3, -0.25) is 9.59 Å². The molecule has 2 amide bonds. The molecule has 0 aromatic carbocycles. The first kappa shape index (κ1) is 17.2. The Hall–Kier alpha value is -0.870. The van der Waals surface area contributed by atoms with Crippen molar-refractivity contribution in [2.75, 3.05) is 30.3 Å². The molecule has 1 aliphatic rings. The van der Waals surface area contributed by atoms with Crippen molar-refractivity contribution in [2.24, 2.45) is 5.73 Å². The maximum absolute atomic E-state index is 12.0. The summed E-state index contributed by atoms with van der Waals surface area (Å²) in [5.41, 5.74) is 5.23. The Balaban J connectivity index is 2.82. The molecule has 10 heteroatoms. The predicted molar refractivity (Wildman–Crippen MR) is 82.1 cm³/mol. The quantitative estimate of drug-likeness (QED) is 0.485. The molecule has 1 rings (SSSR count). The Labute approximate surface area is 127 Å². The summed E-state index contributed by atoms with van der Waals surface area (Å²) in [4.78, 5) is 24.9. The number of nitrogens with zero attached hydrogens (tertiary/aromatic N) is 1. The molecule has 0 radical (unpaired) electrons. The topological polar surface area (TPSA) is 110 Å². The number of hydrogen-bond acceptors (Lipinski definition) is 6. The van der Waals surface area contributed by atoms with Gasteiger partial charge in [0.15, 0.2) is 9.84 Å². The lowest BCUT2D eigenvalue weighted by Gasteiger charge is -2.34. The number of amides is 2. The van der Waals surface area contributed by atoms with E-state index in [-0.39, 0.29) is 29.6 Å². The number of carbonyl (C=O) groups excluding carboxylic acids is 2. The monoisotopic (exact) mass is 339 g/mol. The van der Waals surface area contributed by atoms with Crippen molar-refractivity contribution < 1.29 is 18.0 Å². The van der Waals surface area contributed by atoms with Crippen molar-refractivity contribution in [1.82, 2.24) is 10.2 Å². The lowest BCUT2D eigenvalue weighted by atomic mass is 10.4. The Bertz CT molecular complexity index is 506. The normalized spacial score (nSPS) is 19.4. The zero-order valence-corrected chi connectivity index (χ0v) is 13.4. The summed E-state index contributed by atoms with van der Waals surface area (Å²) >= 11 is 6.05. The van der Waals surface area contributed by atoms with Gasteiger partial charge in [-0.2, -0.15) is 11.8 Å². The van der Waals surface area contributed by atoms with E-state index in [9.17, 15) is 18.0 Å². The van der Waals surface area contributed by atoms with Gasteiger partial charge in [0.05, 0.1) is 11.5 Å². The van der Waals surface area contributed by atoms with Crippen LogP contribution in [0.3, 0.4) is 0 Å². The molecule has 3 N–H and O–H groups in total. The summed E-state index contributed by atoms with van der Waals surface area (Å²) < 4.78 is 24.0. The van der Waals surface area contributed by atoms with Gasteiger partial charge >= 0.3 is 11.8 Å². The summed E-state index contributed by atoms with van der Waals surface area (Å²) in [5, 5.41) is 1.32. The minimum absolute atomic E-state index is 0.0538. The van der Waals surface area contributed by atoms with Crippen LogP contribution in [-0.4, -0.2) is 65.8 Å². The number of thiocarbonyl (C=S) groups is 1. The Morgan fingerprint density at radius 2 is 2.15 bits per heavy atom. The molecule has 1 saturated heterocycles. The minimum atomic E-state index is -3.43. The second-order valence-electron chi connectivity index (χ2n) is 4.13. The largest absolute Gasteiger partial charge is 0.392 e. The average Bonchev–Trinajstić information content (AvgIpc) is 2.43. The van der Waals surface area contributed by atoms with Gasteiger partial charge in [0.25, 0.3) is 0 Å². The van der Waals surface area contributed by atoms with Crippen LogP contribution in [0.5, 0.6) is 0 Å². The number of sulfone groups is 1. The third-order valence-electron chi connectivity index (χ3n) is 2.78. The van der Waals surface area contributed by atoms with Gasteiger partial charge in [-0.05, 0) is 0 Å². The summed E-state index contributed by atoms with van der Waals surface area (Å²) in [7, 11) is -3.43. The number of hydrogen-bond donors (Lipinski definition) is 2. The SMILES string of the molecule is CCS(=O)(=O)C1CSCCN1C(=O)C(=O)NCC(N)=S. The highest BCUT2D eigenvalue weighted by molar-refractivity contribution is 8.01. The van der Waals surface area contributed by atoms with E-state index in [0.717, 1.165) is 4.90 Å². The first-order valence-corrected chi connectivity index (χ1v) is 9.23. The number of rotatable bonds is 4. The molecule has 0 bridgehead atoms. The van der Waals surface area contributed by atoms with Gasteiger partial charge in [0, 0.05) is 23.8 Å². The Kier molecular flexibility index (Phi) is 6.21. The van der Waals surface area contributed by atoms with Gasteiger partial charge in [0.2, 0.25) is 0 Å². The molecule has 1 heterocycles. The summed E-state index contributed by atoms with van der Waals surface area (Å²) in [6, 6.07) is 0. The minimum Gasteiger partial charge on any atom is -0.392 e. The van der Waals surface area contributed by atoms with Crippen LogP contribution in [0.1, 0.15) is 6.92 Å². The fourth-order valence-corrected chi connectivity index (χ4v) is 4.71. The molecule has 1 fully saturated rings. The van der Waals surface area contributed by atoms with E-state index >= 15 is 0 Å². The van der Waals surface area contributed by atoms with Crippen molar-refractivity contribution in [1.29, 1.82) is 0 Å². The highest BCUT2D eigenvalue weighted by Gasteiger charge is 2.37. The van der Waals surface area contributed by atoms with Crippen molar-refractivity contribution >= 4 is 50.6 Å². The second kappa shape index (κ2) is 7.23. The third kappa shape index (κ3) is 4.32. The molecule has 0 saturated carbocycles. The average molecular weight is 339 g/mol. The Morgan fingerprint density at radius 3 is 2.70 bits per heavy atom. The van der Waals surface area contributed by atoms with E-state index in [1.54, 1.807) is 0 Å². The molecular weight excluding hydrogens is 322 g/mol. The molecular formula is C10H17N3O4S3. The summed E-state index contributed by atoms with van der Waals surface area (Å²) in [6.45, 7) is 1.66. The number of nitrogens with two attached hydrogens (primary N) is 1. The van der Waals surface area contributed by atoms with Crippen LogP contribution in [-0.2, 0) is 19.4 Å². The Morgan fingerprint density at radius 1 is 1.50 bits per heavy atom. The number of nitrogens with one attached hydrogen (secondary N) is 1. The maximum atomic E-state index is 12.0. The van der Waals surface area contributed by atoms with Gasteiger partial charge < -0.3 is 16.0 Å². The standard InChI is InChI=1S/C10H17N3O4S3/c1-2-20(16,17)8-6-19-4-3-13(8)10(15)9(14)12-5-7(11)18/h8H,2-6H2,1H3,(H2,11,18)(H,12,14). The van der Waals surface area contributed by atoms with E-state index in [2.05, 4.69) is 17.5 Å². The van der Waals surface area contributed by atoms with Gasteiger partial charge in [0.1, 0.15) is 5.37 Å². The van der Waals surface area contributed by atoms with Gasteiger partial charge in [-0.1, -0.05) is 19.1 Å². The van der Waals surface area contributed by atoms with Gasteiger partial charge in [-0.15, -0.1) is 0 Å². The van der Waals surface area contributed by atoms with Crippen LogP contribution >= 0.6 is 24.0 Å². The molecule has 20 heavy (non-hydrogen) atoms. The van der Waals surface area contributed by atoms with E-state index in [1.807, 2.05) is 0 Å². The first-order valence-electron chi connectivity index (χ1n) is 5.96. The smallest absolute Gasteiger partial charge is 0.313 e. The van der Waals surface area contributed by atoms with Crippen LogP contribution < -0.4 is 11.1 Å². The first-order chi connectivity index (χ1) is 9.29. The van der Waals surface area contributed by atoms with Crippen LogP contribution in [0.25, 0.3) is 0 Å². The third-order valence-corrected chi connectivity index (χ3v) is 6.21. The zero-order chi connectivity index (χ0) is 15.3. The number of thioether (sulfide) groups is 1. The molecule has 7 nitrogen and oxygen atoms in total. The maximum Gasteiger partial charge on any atom is 0.313 e. The van der Waals surface area contributed by atoms with E-state index in [1.165, 1.54) is 18.7 Å². The van der Waals surface area contributed by atoms with Crippen LogP contribution in [0.4, 0.5) is 0 Å². The molecule has 0 aromatic heterocycles. The highest BCUT2D eigenvalue weighted by atomic mass is 32.2. The second-order valence-corrected chi connectivity index (χ2v) is 8.25. The summed E-state index contributed by atoms with van der Waals surface area (Å²) in [6.07, 6.45) is 0. The lowest BCUT2D eigenvalue weighted by Crippen LogP contribution is -2.55. The predicted octanol–water partition coefficient (Wildman–Crippen LogP) is -1.28. The van der Waals surface area contributed by atoms with Crippen molar-refractivity contribution in [3.8, 4) is 0 Å². The molecule has 0 spiro atoms. The zero-order valence-electron chi connectivity index (χ0n) is 11.0. The molecule has 1 unspecified atom stereocenters. The molecule has 1 atom stereocenters. The molecule has 1 aliphatic heterocycles. The van der Waals surface area contributed by atoms with Crippen LogP contribution in [0, 0.1) is 0 Å². The van der Waals surface area contributed by atoms with E-state index < -0.39 is 27.0 Å². The van der Waals surface area contributed by atoms with E-state index in [4.69, 9.17) is 5.73 Å². The van der Waals surface area contributed by atoms with Crippen molar-refractivity contribution in [2.45, 2.75) is 12.3 Å². The van der Waals surface area contributed by atoms with Crippen molar-refractivity contribution in [3.05, 3.63) is 0 Å². The number of carbonyl (C=O) groups is 2. The molecule has 0 aliphatic carbocycles. The molecule has 0 aromatic rings. The van der Waals surface area contributed by atoms with E-state index in [0.29, 0.717) is 5.75 Å². The van der Waals surface area contributed by atoms with Crippen molar-refractivity contribution in [3.63, 3.8) is 0 Å². The van der Waals surface area contributed by atoms with Crippen LogP contribution in [0.2, 0.25) is 0 Å². The molecule has 114 valence electrons. The highest BCUT2D eigenvalue weighted by Crippen LogP contribution is 2.21. The lowest BCUT2D eigenvalue weighted by molar-refractivity contribution is -0.145. The van der Waals surface area contributed by atoms with Crippen LogP contribution in [0.15, 0.2) is 0 Å².